The van der Waals surface area contributed by atoms with Gasteiger partial charge in [0.2, 0.25) is 5.91 Å². The second-order valence-corrected chi connectivity index (χ2v) is 11.7. The lowest BCUT2D eigenvalue weighted by Crippen LogP contribution is -2.47. The molecule has 1 aliphatic heterocycles. The number of benzene rings is 2. The molecule has 40 heavy (non-hydrogen) atoms. The summed E-state index contributed by atoms with van der Waals surface area (Å²) in [6.07, 6.45) is -7.05. The Morgan fingerprint density at radius 2 is 1.60 bits per heavy atom. The molecular formula is C30H35F7N2O. The van der Waals surface area contributed by atoms with Crippen LogP contribution in [0.5, 0.6) is 0 Å². The topological polar surface area (TPSA) is 32.3 Å². The highest BCUT2D eigenvalue weighted by Gasteiger charge is 2.49. The van der Waals surface area contributed by atoms with Crippen molar-refractivity contribution in [3.8, 4) is 0 Å². The minimum atomic E-state index is -4.95. The molecule has 4 rings (SSSR count). The van der Waals surface area contributed by atoms with E-state index in [0.717, 1.165) is 31.5 Å². The lowest BCUT2D eigenvalue weighted by atomic mass is 9.74. The van der Waals surface area contributed by atoms with Crippen molar-refractivity contribution in [3.05, 3.63) is 70.5 Å². The van der Waals surface area contributed by atoms with Gasteiger partial charge in [-0.1, -0.05) is 32.9 Å². The lowest BCUT2D eigenvalue weighted by molar-refractivity contribution is -0.143. The third kappa shape index (κ3) is 6.47. The van der Waals surface area contributed by atoms with Gasteiger partial charge in [0.1, 0.15) is 5.82 Å². The summed E-state index contributed by atoms with van der Waals surface area (Å²) in [6.45, 7) is 7.26. The number of likely N-dealkylation sites (tertiary alicyclic amines) is 1. The molecule has 2 aromatic carbocycles. The fraction of sp³-hybridized carbons (Fsp3) is 0.567. The second-order valence-electron chi connectivity index (χ2n) is 11.7. The molecule has 220 valence electrons. The Bertz CT molecular complexity index is 1160. The van der Waals surface area contributed by atoms with Crippen molar-refractivity contribution in [2.24, 2.45) is 17.3 Å². The van der Waals surface area contributed by atoms with Crippen LogP contribution in [0.15, 0.2) is 42.5 Å². The summed E-state index contributed by atoms with van der Waals surface area (Å²) in [4.78, 5) is 15.9. The van der Waals surface area contributed by atoms with Crippen LogP contribution in [-0.4, -0.2) is 29.9 Å². The van der Waals surface area contributed by atoms with Crippen LogP contribution in [0, 0.1) is 23.1 Å². The molecule has 3 nitrogen and oxygen atoms in total. The Labute approximate surface area is 230 Å². The van der Waals surface area contributed by atoms with E-state index in [9.17, 15) is 35.5 Å². The van der Waals surface area contributed by atoms with Crippen LogP contribution in [0.4, 0.5) is 30.7 Å². The number of carbonyl (C=O) groups is 1. The molecule has 0 aromatic heterocycles. The number of nitrogens with one attached hydrogen (secondary N) is 1. The fourth-order valence-corrected chi connectivity index (χ4v) is 6.55. The zero-order valence-corrected chi connectivity index (χ0v) is 22.8. The number of alkyl halides is 6. The van der Waals surface area contributed by atoms with Crippen molar-refractivity contribution < 1.29 is 35.5 Å². The monoisotopic (exact) mass is 572 g/mol. The van der Waals surface area contributed by atoms with Crippen LogP contribution >= 0.6 is 0 Å². The maximum absolute atomic E-state index is 13.5. The van der Waals surface area contributed by atoms with Crippen LogP contribution < -0.4 is 5.32 Å². The number of amides is 1. The average Bonchev–Trinajstić information content (AvgIpc) is 3.34. The molecule has 1 heterocycles. The zero-order valence-electron chi connectivity index (χ0n) is 22.8. The van der Waals surface area contributed by atoms with E-state index >= 15 is 0 Å². The second kappa shape index (κ2) is 11.3. The van der Waals surface area contributed by atoms with Crippen molar-refractivity contribution in [2.75, 3.05) is 13.1 Å². The Hall–Kier alpha value is -2.62. The van der Waals surface area contributed by atoms with E-state index in [2.05, 4.69) is 17.1 Å². The number of piperidine rings is 1. The summed E-state index contributed by atoms with van der Waals surface area (Å²) in [7, 11) is 0. The van der Waals surface area contributed by atoms with Crippen LogP contribution in [0.25, 0.3) is 0 Å². The van der Waals surface area contributed by atoms with E-state index in [1.54, 1.807) is 0 Å². The first-order valence-electron chi connectivity index (χ1n) is 13.7. The van der Waals surface area contributed by atoms with Gasteiger partial charge in [-0.15, -0.1) is 0 Å². The summed E-state index contributed by atoms with van der Waals surface area (Å²) in [5.41, 5.74) is -2.70. The normalized spacial score (nSPS) is 26.3. The largest absolute Gasteiger partial charge is 0.416 e. The minimum Gasteiger partial charge on any atom is -0.352 e. The Morgan fingerprint density at radius 1 is 1.00 bits per heavy atom. The number of rotatable bonds is 6. The first kappa shape index (κ1) is 30.3. The van der Waals surface area contributed by atoms with E-state index in [1.807, 2.05) is 26.0 Å². The molecule has 2 fully saturated rings. The van der Waals surface area contributed by atoms with Gasteiger partial charge in [0.05, 0.1) is 16.5 Å². The van der Waals surface area contributed by atoms with Crippen LogP contribution in [0.2, 0.25) is 0 Å². The standard InChI is InChI=1S/C30H35F7N2O/c1-18(2)28(27(40)38-16-20-12-22(29(32,33)34)14-23(13-20)30(35,36)37)10-8-25(15-28)39-11-9-26(19(3)17-39)21-4-6-24(31)7-5-21/h4-7,12-14,18-19,25-26H,8-11,15-17H2,1-3H3,(H,38,40). The number of halogens is 7. The summed E-state index contributed by atoms with van der Waals surface area (Å²) < 4.78 is 92.9. The van der Waals surface area contributed by atoms with Gasteiger partial charge < -0.3 is 10.2 Å². The molecule has 10 heteroatoms. The predicted octanol–water partition coefficient (Wildman–Crippen LogP) is 7.80. The number of hydrogen-bond acceptors (Lipinski definition) is 2. The van der Waals surface area contributed by atoms with Gasteiger partial charge in [-0.3, -0.25) is 4.79 Å². The van der Waals surface area contributed by atoms with Crippen molar-refractivity contribution in [3.63, 3.8) is 0 Å². The van der Waals surface area contributed by atoms with E-state index in [0.29, 0.717) is 36.8 Å². The number of carbonyl (C=O) groups excluding carboxylic acids is 1. The lowest BCUT2D eigenvalue weighted by Gasteiger charge is -2.41. The SMILES string of the molecule is CC1CN(C2CCC(C(=O)NCc3cc(C(F)(F)F)cc(C(F)(F)F)c3)(C(C)C)C2)CCC1c1ccc(F)cc1. The van der Waals surface area contributed by atoms with Crippen LogP contribution in [0.3, 0.4) is 0 Å². The minimum absolute atomic E-state index is 0.0704. The molecule has 0 bridgehead atoms. The summed E-state index contributed by atoms with van der Waals surface area (Å²) in [5.74, 6) is -0.0441. The first-order chi connectivity index (χ1) is 18.6. The maximum atomic E-state index is 13.5. The molecule has 0 radical (unpaired) electrons. The van der Waals surface area contributed by atoms with E-state index in [4.69, 9.17) is 0 Å². The Kier molecular flexibility index (Phi) is 8.60. The van der Waals surface area contributed by atoms with Gasteiger partial charge in [-0.25, -0.2) is 4.39 Å². The maximum Gasteiger partial charge on any atom is 0.416 e. The summed E-state index contributed by atoms with van der Waals surface area (Å²) in [5, 5.41) is 2.66. The highest BCUT2D eigenvalue weighted by Crippen LogP contribution is 2.48. The quantitative estimate of drug-likeness (QED) is 0.358. The van der Waals surface area contributed by atoms with Gasteiger partial charge in [-0.05, 0) is 91.4 Å². The number of hydrogen-bond donors (Lipinski definition) is 1. The molecule has 1 saturated carbocycles. The number of nitrogens with zero attached hydrogens (tertiary/aromatic N) is 1. The molecule has 4 unspecified atom stereocenters. The molecule has 1 N–H and O–H groups in total. The van der Waals surface area contributed by atoms with Gasteiger partial charge >= 0.3 is 12.4 Å². The van der Waals surface area contributed by atoms with E-state index in [-0.39, 0.29) is 35.3 Å². The van der Waals surface area contributed by atoms with E-state index < -0.39 is 35.4 Å². The van der Waals surface area contributed by atoms with Crippen molar-refractivity contribution in [2.45, 2.75) is 77.3 Å². The highest BCUT2D eigenvalue weighted by atomic mass is 19.4. The molecule has 1 amide bonds. The molecule has 1 saturated heterocycles. The average molecular weight is 573 g/mol. The summed E-state index contributed by atoms with van der Waals surface area (Å²) >= 11 is 0. The predicted molar refractivity (Wildman–Crippen MR) is 138 cm³/mol. The van der Waals surface area contributed by atoms with Gasteiger partial charge in [0, 0.05) is 19.1 Å². The fourth-order valence-electron chi connectivity index (χ4n) is 6.55. The van der Waals surface area contributed by atoms with Crippen molar-refractivity contribution in [1.82, 2.24) is 10.2 Å². The molecule has 2 aromatic rings. The molecule has 1 aliphatic carbocycles. The molecule has 0 spiro atoms. The van der Waals surface area contributed by atoms with Crippen LogP contribution in [0.1, 0.15) is 74.6 Å². The summed E-state index contributed by atoms with van der Waals surface area (Å²) in [6, 6.07) is 8.16. The smallest absolute Gasteiger partial charge is 0.352 e. The van der Waals surface area contributed by atoms with Gasteiger partial charge in [0.15, 0.2) is 0 Å². The van der Waals surface area contributed by atoms with Gasteiger partial charge in [0.25, 0.3) is 0 Å². The van der Waals surface area contributed by atoms with E-state index in [1.165, 1.54) is 12.1 Å². The van der Waals surface area contributed by atoms with Crippen LogP contribution in [-0.2, 0) is 23.7 Å². The third-order valence-electron chi connectivity index (χ3n) is 8.93. The Morgan fingerprint density at radius 3 is 2.12 bits per heavy atom. The van der Waals surface area contributed by atoms with Crippen molar-refractivity contribution in [1.29, 1.82) is 0 Å². The molecule has 2 aliphatic rings. The Balaban J connectivity index is 1.44. The van der Waals surface area contributed by atoms with Gasteiger partial charge in [-0.2, -0.15) is 26.3 Å². The molecule has 4 atom stereocenters. The molecular weight excluding hydrogens is 537 g/mol. The highest BCUT2D eigenvalue weighted by molar-refractivity contribution is 5.83. The zero-order chi connectivity index (χ0) is 29.5. The van der Waals surface area contributed by atoms with Crippen molar-refractivity contribution >= 4 is 5.91 Å². The third-order valence-corrected chi connectivity index (χ3v) is 8.93. The first-order valence-corrected chi connectivity index (χ1v) is 13.7.